The van der Waals surface area contributed by atoms with Crippen molar-refractivity contribution < 1.29 is 47.1 Å². The maximum absolute atomic E-state index is 11.0. The van der Waals surface area contributed by atoms with E-state index in [-0.39, 0.29) is 26.7 Å². The van der Waals surface area contributed by atoms with E-state index in [0.717, 1.165) is 0 Å². The van der Waals surface area contributed by atoms with Gasteiger partial charge in [-0.15, -0.1) is 0 Å². The largest absolute Gasteiger partial charge is 0.390 e. The summed E-state index contributed by atoms with van der Waals surface area (Å²) in [6.07, 6.45) is -0.727. The number of aliphatic hydroxyl groups excluding tert-OH is 1. The average Bonchev–Trinajstić information content (AvgIpc) is 2.73. The molecular formula is C14H36N5O10P3. The SMILES string of the molecule is NCC(O)CN1CCN(CO[PH](=O)O)CCN(CO[PH](=O)O)CCN(CO[PH](=O)O)CC1. The van der Waals surface area contributed by atoms with Crippen LogP contribution in [0.25, 0.3) is 0 Å². The fourth-order valence-corrected chi connectivity index (χ4v) is 3.84. The van der Waals surface area contributed by atoms with E-state index in [9.17, 15) is 18.8 Å². The van der Waals surface area contributed by atoms with Gasteiger partial charge >= 0.3 is 24.8 Å². The Bertz CT molecular complexity index is 561. The highest BCUT2D eigenvalue weighted by atomic mass is 31.1. The quantitative estimate of drug-likeness (QED) is 0.168. The third-order valence-corrected chi connectivity index (χ3v) is 5.91. The summed E-state index contributed by atoms with van der Waals surface area (Å²) in [6.45, 7) is 3.72. The van der Waals surface area contributed by atoms with Gasteiger partial charge in [-0.3, -0.25) is 46.9 Å². The van der Waals surface area contributed by atoms with E-state index in [2.05, 4.69) is 0 Å². The summed E-state index contributed by atoms with van der Waals surface area (Å²) in [5, 5.41) is 9.97. The summed E-state index contributed by atoms with van der Waals surface area (Å²) in [7, 11) is -9.34. The second-order valence-corrected chi connectivity index (χ2v) is 9.62. The fourth-order valence-electron chi connectivity index (χ4n) is 2.96. The Kier molecular flexibility index (Phi) is 16.6. The van der Waals surface area contributed by atoms with Gasteiger partial charge < -0.3 is 25.5 Å². The van der Waals surface area contributed by atoms with Gasteiger partial charge in [0.2, 0.25) is 0 Å². The van der Waals surface area contributed by atoms with Crippen molar-refractivity contribution in [3.63, 3.8) is 0 Å². The maximum Gasteiger partial charge on any atom is 0.317 e. The Morgan fingerprint density at radius 1 is 0.656 bits per heavy atom. The molecule has 0 amide bonds. The van der Waals surface area contributed by atoms with Crippen molar-refractivity contribution in [2.75, 3.05) is 85.6 Å². The fraction of sp³-hybridized carbons (Fsp3) is 1.00. The molecule has 1 aliphatic heterocycles. The lowest BCUT2D eigenvalue weighted by Crippen LogP contribution is -2.48. The van der Waals surface area contributed by atoms with Crippen LogP contribution in [0.4, 0.5) is 0 Å². The summed E-state index contributed by atoms with van der Waals surface area (Å²) in [5.41, 5.74) is 5.53. The van der Waals surface area contributed by atoms with Gasteiger partial charge in [-0.2, -0.15) is 0 Å². The highest BCUT2D eigenvalue weighted by Crippen LogP contribution is 2.17. The first-order chi connectivity index (χ1) is 15.2. The van der Waals surface area contributed by atoms with Crippen molar-refractivity contribution in [2.45, 2.75) is 6.10 Å². The third-order valence-electron chi connectivity index (χ3n) is 4.78. The molecule has 0 radical (unpaired) electrons. The van der Waals surface area contributed by atoms with Crippen LogP contribution in [0.1, 0.15) is 0 Å². The van der Waals surface area contributed by atoms with E-state index in [0.29, 0.717) is 58.9 Å². The molecule has 1 heterocycles. The number of nitrogens with two attached hydrogens (primary N) is 1. The minimum atomic E-state index is -3.12. The van der Waals surface area contributed by atoms with Gasteiger partial charge in [0, 0.05) is 65.4 Å². The zero-order valence-corrected chi connectivity index (χ0v) is 20.9. The molecule has 1 aliphatic rings. The van der Waals surface area contributed by atoms with E-state index < -0.39 is 30.9 Å². The number of nitrogens with zero attached hydrogens (tertiary/aromatic N) is 4. The molecule has 0 aliphatic carbocycles. The van der Waals surface area contributed by atoms with Gasteiger partial charge in [-0.1, -0.05) is 0 Å². The Morgan fingerprint density at radius 2 is 0.938 bits per heavy atom. The van der Waals surface area contributed by atoms with Gasteiger partial charge in [0.15, 0.2) is 0 Å². The molecule has 192 valence electrons. The molecule has 1 saturated heterocycles. The Balaban J connectivity index is 2.90. The van der Waals surface area contributed by atoms with E-state index in [4.69, 9.17) is 34.0 Å². The van der Waals surface area contributed by atoms with Crippen LogP contribution in [-0.4, -0.2) is 131 Å². The zero-order valence-electron chi connectivity index (χ0n) is 17.9. The molecule has 1 rings (SSSR count). The van der Waals surface area contributed by atoms with Crippen molar-refractivity contribution in [1.29, 1.82) is 0 Å². The van der Waals surface area contributed by atoms with E-state index in [1.807, 2.05) is 14.7 Å². The minimum absolute atomic E-state index is 0.0718. The Hall–Kier alpha value is 0.210. The zero-order chi connectivity index (χ0) is 23.9. The van der Waals surface area contributed by atoms with Crippen molar-refractivity contribution in [3.8, 4) is 0 Å². The Labute approximate surface area is 189 Å². The molecule has 4 unspecified atom stereocenters. The lowest BCUT2D eigenvalue weighted by atomic mass is 10.3. The van der Waals surface area contributed by atoms with Crippen molar-refractivity contribution >= 4 is 24.8 Å². The number of β-amino-alcohol motifs (C(OH)–C–C–N with tert-alkyl or cyclic N) is 1. The monoisotopic (exact) mass is 527 g/mol. The molecular weight excluding hydrogens is 491 g/mol. The molecule has 1 fully saturated rings. The molecule has 0 saturated carbocycles. The van der Waals surface area contributed by atoms with Crippen LogP contribution in [0.15, 0.2) is 0 Å². The highest BCUT2D eigenvalue weighted by molar-refractivity contribution is 7.32. The summed E-state index contributed by atoms with van der Waals surface area (Å²) in [4.78, 5) is 34.4. The van der Waals surface area contributed by atoms with Crippen molar-refractivity contribution in [2.24, 2.45) is 5.73 Å². The van der Waals surface area contributed by atoms with Crippen LogP contribution in [0.5, 0.6) is 0 Å². The first kappa shape index (κ1) is 30.2. The summed E-state index contributed by atoms with van der Waals surface area (Å²) < 4.78 is 47.6. The minimum Gasteiger partial charge on any atom is -0.390 e. The molecule has 4 atom stereocenters. The smallest absolute Gasteiger partial charge is 0.317 e. The summed E-state index contributed by atoms with van der Waals surface area (Å²) in [5.74, 6) is 0. The maximum atomic E-state index is 11.0. The predicted molar refractivity (Wildman–Crippen MR) is 118 cm³/mol. The molecule has 0 aromatic rings. The summed E-state index contributed by atoms with van der Waals surface area (Å²) in [6, 6.07) is 0. The second-order valence-electron chi connectivity index (χ2n) is 7.16. The van der Waals surface area contributed by atoms with Crippen LogP contribution in [0.3, 0.4) is 0 Å². The van der Waals surface area contributed by atoms with Crippen LogP contribution >= 0.6 is 24.8 Å². The van der Waals surface area contributed by atoms with Crippen molar-refractivity contribution in [3.05, 3.63) is 0 Å². The number of hydrogen-bond acceptors (Lipinski definition) is 12. The lowest BCUT2D eigenvalue weighted by Gasteiger charge is -2.34. The third kappa shape index (κ3) is 15.2. The van der Waals surface area contributed by atoms with Gasteiger partial charge in [-0.05, 0) is 0 Å². The van der Waals surface area contributed by atoms with Crippen LogP contribution in [-0.2, 0) is 27.3 Å². The molecule has 18 heteroatoms. The molecule has 0 aromatic carbocycles. The average molecular weight is 527 g/mol. The van der Waals surface area contributed by atoms with E-state index >= 15 is 0 Å². The van der Waals surface area contributed by atoms with E-state index in [1.54, 1.807) is 4.90 Å². The number of rotatable bonds is 12. The van der Waals surface area contributed by atoms with Crippen LogP contribution in [0.2, 0.25) is 0 Å². The van der Waals surface area contributed by atoms with Crippen molar-refractivity contribution in [1.82, 2.24) is 19.6 Å². The molecule has 32 heavy (non-hydrogen) atoms. The van der Waals surface area contributed by atoms with Gasteiger partial charge in [0.25, 0.3) is 0 Å². The normalized spacial score (nSPS) is 23.2. The lowest BCUT2D eigenvalue weighted by molar-refractivity contribution is 0.0368. The Morgan fingerprint density at radius 3 is 1.19 bits per heavy atom. The van der Waals surface area contributed by atoms with Crippen LogP contribution in [0, 0.1) is 0 Å². The van der Waals surface area contributed by atoms with Gasteiger partial charge in [-0.25, -0.2) is 0 Å². The molecule has 15 nitrogen and oxygen atoms in total. The summed E-state index contributed by atoms with van der Waals surface area (Å²) >= 11 is 0. The predicted octanol–water partition coefficient (Wildman–Crippen LogP) is -2.40. The van der Waals surface area contributed by atoms with Gasteiger partial charge in [0.1, 0.15) is 20.2 Å². The molecule has 0 aromatic heterocycles. The first-order valence-electron chi connectivity index (χ1n) is 10.0. The second kappa shape index (κ2) is 17.6. The number of aliphatic hydroxyl groups is 1. The van der Waals surface area contributed by atoms with Crippen LogP contribution < -0.4 is 5.73 Å². The topological polar surface area (TPSA) is 199 Å². The standard InChI is InChI=1S/C14H36N5O10P3/c15-9-14(20)10-16-1-3-17(11-27-30(21)22)5-7-19(13-29-32(25)26)8-6-18(4-2-16)12-28-31(23)24/h14,20,30-32H,1-13,15H2,(H,21,22)(H,23,24)(H,25,26). The van der Waals surface area contributed by atoms with E-state index in [1.165, 1.54) is 0 Å². The van der Waals surface area contributed by atoms with Gasteiger partial charge in [0.05, 0.1) is 6.10 Å². The molecule has 0 bridgehead atoms. The highest BCUT2D eigenvalue weighted by Gasteiger charge is 2.19. The number of hydrogen-bond donors (Lipinski definition) is 5. The molecule has 6 N–H and O–H groups in total. The molecule has 0 spiro atoms. The first-order valence-corrected chi connectivity index (χ1v) is 13.8.